The Morgan fingerprint density at radius 3 is 1.65 bits per heavy atom. The minimum absolute atomic E-state index is 1.03. The van der Waals surface area contributed by atoms with Crippen LogP contribution >= 0.6 is 0 Å². The van der Waals surface area contributed by atoms with Crippen LogP contribution in [0.3, 0.4) is 0 Å². The summed E-state index contributed by atoms with van der Waals surface area (Å²) < 4.78 is 0. The van der Waals surface area contributed by atoms with E-state index in [2.05, 4.69) is 109 Å². The molecule has 0 aromatic heterocycles. The van der Waals surface area contributed by atoms with Gasteiger partial charge in [-0.2, -0.15) is 0 Å². The molecule has 3 aromatic carbocycles. The summed E-state index contributed by atoms with van der Waals surface area (Å²) in [6.45, 7) is 0. The maximum Gasteiger partial charge on any atom is 0.0405 e. The molecule has 0 aliphatic heterocycles. The van der Waals surface area contributed by atoms with Gasteiger partial charge in [0.15, 0.2) is 0 Å². The van der Waals surface area contributed by atoms with Crippen molar-refractivity contribution in [2.45, 2.75) is 0 Å². The smallest absolute Gasteiger partial charge is 0.0405 e. The van der Waals surface area contributed by atoms with Crippen LogP contribution in [0.4, 0.5) is 0 Å². The lowest BCUT2D eigenvalue weighted by Crippen LogP contribution is -1.84. The third kappa shape index (κ3) is 2.51. The van der Waals surface area contributed by atoms with Crippen molar-refractivity contribution in [2.75, 3.05) is 0 Å². The summed E-state index contributed by atoms with van der Waals surface area (Å²) in [5.41, 5.74) is 4.62. The minimum atomic E-state index is 1.03. The Hall–Kier alpha value is -3.56. The average Bonchev–Trinajstić information content (AvgIpc) is 3.05. The predicted octanol–water partition coefficient (Wildman–Crippen LogP) is 6.50. The number of hydrogen-bond acceptors (Lipinski definition) is 0. The molecule has 0 amide bonds. The molecule has 0 N–H and O–H groups in total. The molecule has 3 aromatic rings. The van der Waals surface area contributed by atoms with E-state index in [0.717, 1.165) is 11.1 Å². The van der Waals surface area contributed by atoms with E-state index < -0.39 is 0 Å². The van der Waals surface area contributed by atoms with Gasteiger partial charge in [0, 0.05) is 11.1 Å². The molecule has 2 aliphatic rings. The second kappa shape index (κ2) is 6.06. The number of fused-ring (bicyclic) bond motifs is 3. The first-order valence-electron chi connectivity index (χ1n) is 8.80. The first-order valence-corrected chi connectivity index (χ1v) is 8.80. The van der Waals surface area contributed by atoms with Crippen LogP contribution in [0, 0.1) is 11.8 Å². The molecule has 5 rings (SSSR count). The van der Waals surface area contributed by atoms with E-state index in [1.807, 2.05) is 0 Å². The predicted molar refractivity (Wildman–Crippen MR) is 110 cm³/mol. The SMILES string of the molecule is C(#Cc1c2ccccc2cc2ccccc12)c1ccc2cccc-2cc1. The van der Waals surface area contributed by atoms with Gasteiger partial charge in [0.05, 0.1) is 0 Å². The highest BCUT2D eigenvalue weighted by atomic mass is 14.1. The molecule has 0 radical (unpaired) electrons. The van der Waals surface area contributed by atoms with Crippen molar-refractivity contribution in [3.8, 4) is 23.0 Å². The maximum atomic E-state index is 3.46. The highest BCUT2D eigenvalue weighted by Gasteiger charge is 2.05. The van der Waals surface area contributed by atoms with Gasteiger partial charge in [-0.1, -0.05) is 90.7 Å². The lowest BCUT2D eigenvalue weighted by atomic mass is 9.97. The first-order chi connectivity index (χ1) is 12.9. The van der Waals surface area contributed by atoms with Crippen LogP contribution in [0.15, 0.2) is 97.1 Å². The molecule has 26 heavy (non-hydrogen) atoms. The van der Waals surface area contributed by atoms with Crippen molar-refractivity contribution in [1.82, 2.24) is 0 Å². The summed E-state index contributed by atoms with van der Waals surface area (Å²) >= 11 is 0. The van der Waals surface area contributed by atoms with Crippen LogP contribution in [0.5, 0.6) is 0 Å². The molecule has 0 atom stereocenters. The van der Waals surface area contributed by atoms with Gasteiger partial charge in [0.2, 0.25) is 0 Å². The monoisotopic (exact) mass is 328 g/mol. The summed E-state index contributed by atoms with van der Waals surface area (Å²) in [4.78, 5) is 0. The lowest BCUT2D eigenvalue weighted by molar-refractivity contribution is 1.72. The summed E-state index contributed by atoms with van der Waals surface area (Å²) in [6.07, 6.45) is 0. The molecule has 0 spiro atoms. The Morgan fingerprint density at radius 1 is 0.462 bits per heavy atom. The topological polar surface area (TPSA) is 0 Å². The van der Waals surface area contributed by atoms with E-state index in [-0.39, 0.29) is 0 Å². The van der Waals surface area contributed by atoms with Gasteiger partial charge in [0.25, 0.3) is 0 Å². The average molecular weight is 328 g/mol. The van der Waals surface area contributed by atoms with Crippen molar-refractivity contribution < 1.29 is 0 Å². The molecule has 0 saturated carbocycles. The Kier molecular flexibility index (Phi) is 3.44. The summed E-state index contributed by atoms with van der Waals surface area (Å²) in [5, 5.41) is 4.87. The van der Waals surface area contributed by atoms with Crippen molar-refractivity contribution in [2.24, 2.45) is 0 Å². The van der Waals surface area contributed by atoms with Gasteiger partial charge in [-0.3, -0.25) is 0 Å². The minimum Gasteiger partial charge on any atom is -0.0616 e. The van der Waals surface area contributed by atoms with Crippen molar-refractivity contribution in [3.63, 3.8) is 0 Å². The fourth-order valence-corrected chi connectivity index (χ4v) is 3.53. The zero-order valence-electron chi connectivity index (χ0n) is 14.2. The molecule has 0 unspecified atom stereocenters. The van der Waals surface area contributed by atoms with Gasteiger partial charge in [0.1, 0.15) is 0 Å². The van der Waals surface area contributed by atoms with Crippen molar-refractivity contribution in [1.29, 1.82) is 0 Å². The Bertz CT molecular complexity index is 1200. The first kappa shape index (κ1) is 14.8. The number of rotatable bonds is 0. The standard InChI is InChI=1S/C26H16/c1-3-10-24-22(6-1)18-23-7-2-4-11-25(23)26(24)17-14-19-12-15-20-8-5-9-21(20)16-13-19/h1-13,15-16,18H. The molecular weight excluding hydrogens is 312 g/mol. The van der Waals surface area contributed by atoms with Crippen molar-refractivity contribution in [3.05, 3.63) is 108 Å². The highest BCUT2D eigenvalue weighted by molar-refractivity contribution is 6.04. The molecule has 0 nitrogen and oxygen atoms in total. The second-order valence-electron chi connectivity index (χ2n) is 6.50. The van der Waals surface area contributed by atoms with E-state index in [9.17, 15) is 0 Å². The summed E-state index contributed by atoms with van der Waals surface area (Å²) in [6, 6.07) is 34.0. The lowest BCUT2D eigenvalue weighted by Gasteiger charge is -2.06. The van der Waals surface area contributed by atoms with Gasteiger partial charge in [-0.15, -0.1) is 0 Å². The Morgan fingerprint density at radius 2 is 1.04 bits per heavy atom. The largest absolute Gasteiger partial charge is 0.0616 e. The molecule has 0 fully saturated rings. The van der Waals surface area contributed by atoms with Crippen LogP contribution in [-0.2, 0) is 0 Å². The molecule has 0 saturated heterocycles. The maximum absolute atomic E-state index is 3.46. The number of benzene rings is 3. The third-order valence-corrected chi connectivity index (χ3v) is 4.87. The molecule has 120 valence electrons. The summed E-state index contributed by atoms with van der Waals surface area (Å²) in [7, 11) is 0. The fourth-order valence-electron chi connectivity index (χ4n) is 3.53. The van der Waals surface area contributed by atoms with E-state index in [1.54, 1.807) is 0 Å². The van der Waals surface area contributed by atoms with E-state index >= 15 is 0 Å². The van der Waals surface area contributed by atoms with E-state index in [4.69, 9.17) is 0 Å². The highest BCUT2D eigenvalue weighted by Crippen LogP contribution is 2.28. The van der Waals surface area contributed by atoms with Crippen LogP contribution in [-0.4, -0.2) is 0 Å². The van der Waals surface area contributed by atoms with E-state index in [1.165, 1.54) is 32.7 Å². The normalized spacial score (nSPS) is 10.8. The molecule has 0 bridgehead atoms. The summed E-state index contributed by atoms with van der Waals surface area (Å²) in [5.74, 6) is 6.84. The van der Waals surface area contributed by atoms with E-state index in [0.29, 0.717) is 0 Å². The Labute approximate surface area is 153 Å². The molecule has 2 aliphatic carbocycles. The van der Waals surface area contributed by atoms with Crippen LogP contribution in [0.25, 0.3) is 32.7 Å². The quantitative estimate of drug-likeness (QED) is 0.225. The molecular formula is C26H16. The fraction of sp³-hybridized carbons (Fsp3) is 0. The number of hydrogen-bond donors (Lipinski definition) is 0. The van der Waals surface area contributed by atoms with Gasteiger partial charge >= 0.3 is 0 Å². The van der Waals surface area contributed by atoms with Crippen LogP contribution < -0.4 is 0 Å². The van der Waals surface area contributed by atoms with Crippen LogP contribution in [0.1, 0.15) is 11.1 Å². The zero-order chi connectivity index (χ0) is 17.3. The Balaban J connectivity index is 1.73. The van der Waals surface area contributed by atoms with Gasteiger partial charge in [-0.25, -0.2) is 0 Å². The van der Waals surface area contributed by atoms with Gasteiger partial charge < -0.3 is 0 Å². The van der Waals surface area contributed by atoms with Crippen molar-refractivity contribution >= 4 is 21.5 Å². The third-order valence-electron chi connectivity index (χ3n) is 4.87. The van der Waals surface area contributed by atoms with Gasteiger partial charge in [-0.05, 0) is 50.9 Å². The van der Waals surface area contributed by atoms with Crippen LogP contribution in [0.2, 0.25) is 0 Å². The second-order valence-corrected chi connectivity index (χ2v) is 6.50. The molecule has 0 heterocycles. The molecule has 0 heteroatoms. The zero-order valence-corrected chi connectivity index (χ0v) is 14.2.